The van der Waals surface area contributed by atoms with Crippen LogP contribution in [0.5, 0.6) is 0 Å². The van der Waals surface area contributed by atoms with Gasteiger partial charge in [-0.05, 0) is 42.1 Å². The van der Waals surface area contributed by atoms with Crippen LogP contribution in [0.15, 0.2) is 70.5 Å². The van der Waals surface area contributed by atoms with Crippen LogP contribution in [0.2, 0.25) is 0 Å². The van der Waals surface area contributed by atoms with E-state index in [0.29, 0.717) is 17.1 Å². The van der Waals surface area contributed by atoms with E-state index in [-0.39, 0.29) is 25.7 Å². The molecule has 3 aromatic heterocycles. The largest absolute Gasteiger partial charge is 0.399 e. The fourth-order valence-electron chi connectivity index (χ4n) is 2.34. The van der Waals surface area contributed by atoms with Crippen LogP contribution in [-0.4, -0.2) is 15.0 Å². The minimum Gasteiger partial charge on any atom is -0.399 e. The minimum atomic E-state index is -0.654. The van der Waals surface area contributed by atoms with Gasteiger partial charge in [0.15, 0.2) is 11.2 Å². The molecule has 155 valence electrons. The van der Waals surface area contributed by atoms with Crippen molar-refractivity contribution in [3.63, 3.8) is 0 Å². The summed E-state index contributed by atoms with van der Waals surface area (Å²) in [6, 6.07) is 14.4. The Hall–Kier alpha value is -3.29. The summed E-state index contributed by atoms with van der Waals surface area (Å²) in [7, 11) is 0. The first-order chi connectivity index (χ1) is 13.9. The van der Waals surface area contributed by atoms with Gasteiger partial charge in [-0.25, -0.2) is 0 Å². The number of aromatic amines is 1. The van der Waals surface area contributed by atoms with E-state index >= 15 is 0 Å². The molecule has 0 spiro atoms. The van der Waals surface area contributed by atoms with Gasteiger partial charge in [0.1, 0.15) is 0 Å². The Kier molecular flexibility index (Phi) is 8.03. The monoisotopic (exact) mass is 585 g/mol. The predicted octanol–water partition coefficient (Wildman–Crippen LogP) is 2.89. The Morgan fingerprint density at radius 3 is 2.43 bits per heavy atom. The van der Waals surface area contributed by atoms with E-state index in [1.54, 1.807) is 36.7 Å². The van der Waals surface area contributed by atoms with E-state index in [1.807, 2.05) is 18.0 Å². The number of hydrogen-bond acceptors (Lipinski definition) is 4. The Bertz CT molecular complexity index is 1200. The molecule has 0 unspecified atom stereocenters. The van der Waals surface area contributed by atoms with Gasteiger partial charge in [-0.15, -0.1) is 12.1 Å². The zero-order chi connectivity index (χ0) is 20.8. The Morgan fingerprint density at radius 2 is 1.83 bits per heavy atom. The van der Waals surface area contributed by atoms with Crippen molar-refractivity contribution in [2.45, 2.75) is 6.92 Å². The van der Waals surface area contributed by atoms with Crippen molar-refractivity contribution in [2.75, 3.05) is 0 Å². The van der Waals surface area contributed by atoms with Crippen molar-refractivity contribution in [1.82, 2.24) is 19.9 Å². The number of H-pyrrole nitrogens is 1. The normalized spacial score (nSPS) is 9.83. The molecule has 0 atom stereocenters. The molecular weight excluding hydrogens is 570 g/mol. The Labute approximate surface area is 183 Å². The summed E-state index contributed by atoms with van der Waals surface area (Å²) < 4.78 is 26.0. The maximum absolute atomic E-state index is 13.3. The van der Waals surface area contributed by atoms with E-state index in [4.69, 9.17) is 0 Å². The summed E-state index contributed by atoms with van der Waals surface area (Å²) >= 11 is 0. The number of nitrogens with one attached hydrogen (secondary N) is 1. The van der Waals surface area contributed by atoms with Crippen LogP contribution in [0.3, 0.4) is 0 Å². The van der Waals surface area contributed by atoms with Crippen molar-refractivity contribution in [3.8, 4) is 22.6 Å². The fourth-order valence-corrected chi connectivity index (χ4v) is 2.34. The molecule has 4 aromatic rings. The molecule has 0 saturated heterocycles. The molecule has 0 aliphatic heterocycles. The van der Waals surface area contributed by atoms with Crippen molar-refractivity contribution < 1.29 is 28.9 Å². The van der Waals surface area contributed by atoms with Gasteiger partial charge in [0.25, 0.3) is 0 Å². The molecule has 0 amide bonds. The number of benzene rings is 1. The zero-order valence-electron chi connectivity index (χ0n) is 15.5. The smallest absolute Gasteiger partial charge is 0.171 e. The van der Waals surface area contributed by atoms with Gasteiger partial charge in [0, 0.05) is 44.1 Å². The van der Waals surface area contributed by atoms with E-state index in [9.17, 15) is 18.4 Å². The SMILES string of the molecule is Cc1ccc(-c2[c-]cc(F)cc2F)nc1.O=c1cc(-c2ccccn2)[n-]c(=O)[nH]1.[Ir]. The third kappa shape index (κ3) is 6.10. The van der Waals surface area contributed by atoms with Crippen molar-refractivity contribution >= 4 is 0 Å². The first-order valence-electron chi connectivity index (χ1n) is 8.42. The van der Waals surface area contributed by atoms with Gasteiger partial charge in [-0.2, -0.15) is 0 Å². The standard InChI is InChI=1S/C12H8F2N.C9H7N3O2.Ir/c1-8-2-5-12(15-7-8)10-4-3-9(13)6-11(10)14;13-8-5-7(11-9(14)12-8)6-3-1-2-4-10-6;/h2-3,5-7H,1H3;1-5H,(H2,11,12,13,14);/q-1;;/p-1. The van der Waals surface area contributed by atoms with Gasteiger partial charge < -0.3 is 15.0 Å². The van der Waals surface area contributed by atoms with Crippen LogP contribution in [-0.2, 0) is 20.1 Å². The van der Waals surface area contributed by atoms with Crippen LogP contribution in [0.25, 0.3) is 22.6 Å². The second-order valence-corrected chi connectivity index (χ2v) is 5.91. The number of aryl methyl sites for hydroxylation is 1. The molecule has 0 bridgehead atoms. The van der Waals surface area contributed by atoms with Crippen molar-refractivity contribution in [1.29, 1.82) is 0 Å². The minimum absolute atomic E-state index is 0. The summed E-state index contributed by atoms with van der Waals surface area (Å²) in [5.74, 6) is -1.28. The maximum Gasteiger partial charge on any atom is 0.171 e. The first-order valence-corrected chi connectivity index (χ1v) is 8.42. The number of nitrogens with zero attached hydrogens (tertiary/aromatic N) is 3. The van der Waals surface area contributed by atoms with Gasteiger partial charge >= 0.3 is 0 Å². The number of aromatic nitrogens is 4. The van der Waals surface area contributed by atoms with E-state index < -0.39 is 22.9 Å². The molecule has 3 heterocycles. The fraction of sp³-hybridized carbons (Fsp3) is 0.0476. The molecule has 1 radical (unpaired) electrons. The summed E-state index contributed by atoms with van der Waals surface area (Å²) in [5.41, 5.74) is 1.31. The van der Waals surface area contributed by atoms with Crippen molar-refractivity contribution in [2.24, 2.45) is 0 Å². The number of halogens is 2. The molecule has 1 aromatic carbocycles. The third-order valence-corrected chi connectivity index (χ3v) is 3.67. The molecule has 1 N–H and O–H groups in total. The van der Waals surface area contributed by atoms with Gasteiger partial charge in [-0.3, -0.25) is 23.4 Å². The van der Waals surface area contributed by atoms with Crippen LogP contribution < -0.4 is 16.2 Å². The molecular formula is C21H14F2IrN4O2-2. The summed E-state index contributed by atoms with van der Waals surface area (Å²) in [4.78, 5) is 35.5. The van der Waals surface area contributed by atoms with Gasteiger partial charge in [0.05, 0.1) is 5.69 Å². The molecule has 4 rings (SSSR count). The Morgan fingerprint density at radius 1 is 1.03 bits per heavy atom. The number of hydrogen-bond donors (Lipinski definition) is 1. The van der Waals surface area contributed by atoms with Crippen molar-refractivity contribution in [3.05, 3.63) is 105 Å². The molecule has 9 heteroatoms. The zero-order valence-corrected chi connectivity index (χ0v) is 17.9. The molecule has 0 saturated carbocycles. The maximum atomic E-state index is 13.3. The topological polar surface area (TPSA) is 89.8 Å². The van der Waals surface area contributed by atoms with Crippen LogP contribution in [0.1, 0.15) is 5.56 Å². The average Bonchev–Trinajstić information content (AvgIpc) is 2.69. The second-order valence-electron chi connectivity index (χ2n) is 5.91. The average molecular weight is 585 g/mol. The Balaban J connectivity index is 0.000000207. The molecule has 0 aliphatic carbocycles. The molecule has 30 heavy (non-hydrogen) atoms. The van der Waals surface area contributed by atoms with Gasteiger partial charge in [0.2, 0.25) is 0 Å². The summed E-state index contributed by atoms with van der Waals surface area (Å²) in [6.45, 7) is 1.89. The van der Waals surface area contributed by atoms with Crippen LogP contribution >= 0.6 is 0 Å². The molecule has 6 nitrogen and oxygen atoms in total. The first kappa shape index (κ1) is 23.0. The van der Waals surface area contributed by atoms with E-state index in [0.717, 1.165) is 17.7 Å². The number of pyridine rings is 2. The number of rotatable bonds is 2. The second kappa shape index (κ2) is 10.5. The predicted molar refractivity (Wildman–Crippen MR) is 103 cm³/mol. The summed E-state index contributed by atoms with van der Waals surface area (Å²) in [6.07, 6.45) is 3.20. The van der Waals surface area contributed by atoms with Crippen LogP contribution in [0.4, 0.5) is 8.78 Å². The van der Waals surface area contributed by atoms with Gasteiger partial charge in [-0.1, -0.05) is 29.8 Å². The summed E-state index contributed by atoms with van der Waals surface area (Å²) in [5, 5.41) is 0. The quantitative estimate of drug-likeness (QED) is 0.366. The van der Waals surface area contributed by atoms with Crippen LogP contribution in [0, 0.1) is 24.6 Å². The molecule has 0 fully saturated rings. The van der Waals surface area contributed by atoms with E-state index in [2.05, 4.69) is 21.0 Å². The molecule has 0 aliphatic rings. The van der Waals surface area contributed by atoms with E-state index in [1.165, 1.54) is 6.07 Å². The third-order valence-electron chi connectivity index (χ3n) is 3.67.